The van der Waals surface area contributed by atoms with Crippen LogP contribution < -0.4 is 10.6 Å². The Bertz CT molecular complexity index is 626. The monoisotopic (exact) mass is 306 g/mol. The molecule has 2 aromatic heterocycles. The molecule has 2 heterocycles. The topological polar surface area (TPSA) is 47.1 Å². The number of nitrogens with two attached hydrogens (primary N) is 1. The zero-order valence-corrected chi connectivity index (χ0v) is 13.3. The van der Waals surface area contributed by atoms with Crippen molar-refractivity contribution in [3.05, 3.63) is 33.6 Å². The molecule has 1 fully saturated rings. The van der Waals surface area contributed by atoms with Gasteiger partial charge < -0.3 is 10.6 Å². The summed E-state index contributed by atoms with van der Waals surface area (Å²) in [7, 11) is 1.97. The molecular formula is C14H18N4S2. The zero-order chi connectivity index (χ0) is 14.3. The van der Waals surface area contributed by atoms with Crippen LogP contribution in [-0.4, -0.2) is 20.8 Å². The largest absolute Gasteiger partial charge is 0.389 e. The van der Waals surface area contributed by atoms with E-state index in [1.54, 1.807) is 11.3 Å². The Kier molecular flexibility index (Phi) is 3.52. The van der Waals surface area contributed by atoms with Crippen LogP contribution in [0.5, 0.6) is 0 Å². The van der Waals surface area contributed by atoms with E-state index in [1.165, 1.54) is 18.4 Å². The van der Waals surface area contributed by atoms with E-state index in [0.717, 1.165) is 23.6 Å². The molecule has 0 amide bonds. The highest BCUT2D eigenvalue weighted by atomic mass is 32.1. The third-order valence-electron chi connectivity index (χ3n) is 3.63. The van der Waals surface area contributed by atoms with Crippen LogP contribution >= 0.6 is 23.6 Å². The normalized spacial score (nSPS) is 14.5. The summed E-state index contributed by atoms with van der Waals surface area (Å²) >= 11 is 6.95. The Morgan fingerprint density at radius 2 is 2.35 bits per heavy atom. The molecule has 2 N–H and O–H groups in total. The number of rotatable bonds is 5. The highest BCUT2D eigenvalue weighted by Crippen LogP contribution is 2.35. The molecule has 4 nitrogen and oxygen atoms in total. The lowest BCUT2D eigenvalue weighted by atomic mass is 10.2. The molecule has 0 spiro atoms. The van der Waals surface area contributed by atoms with Crippen molar-refractivity contribution in [2.75, 3.05) is 4.90 Å². The van der Waals surface area contributed by atoms with Gasteiger partial charge in [0.2, 0.25) is 0 Å². The lowest BCUT2D eigenvalue weighted by Gasteiger charge is -2.25. The third kappa shape index (κ3) is 2.45. The Hall–Kier alpha value is -1.40. The number of thiocarbonyl (C=S) groups is 1. The van der Waals surface area contributed by atoms with Gasteiger partial charge in [0.25, 0.3) is 0 Å². The Morgan fingerprint density at radius 3 is 2.90 bits per heavy atom. The number of aryl methyl sites for hydroxylation is 2. The van der Waals surface area contributed by atoms with Crippen LogP contribution in [0.15, 0.2) is 16.8 Å². The lowest BCUT2D eigenvalue weighted by molar-refractivity contribution is 0.691. The van der Waals surface area contributed by atoms with Crippen molar-refractivity contribution in [3.8, 4) is 0 Å². The summed E-state index contributed by atoms with van der Waals surface area (Å²) in [5.74, 6) is 1.06. The smallest absolute Gasteiger partial charge is 0.137 e. The van der Waals surface area contributed by atoms with Gasteiger partial charge in [-0.05, 0) is 42.2 Å². The van der Waals surface area contributed by atoms with Gasteiger partial charge in [-0.2, -0.15) is 16.4 Å². The molecule has 6 heteroatoms. The first-order valence-corrected chi connectivity index (χ1v) is 8.04. The van der Waals surface area contributed by atoms with Gasteiger partial charge in [-0.1, -0.05) is 12.2 Å². The SMILES string of the molecule is Cc1nn(C)c(N(Cc2ccsc2)C2CC2)c1C(N)=S. The first kappa shape index (κ1) is 13.6. The third-order valence-corrected chi connectivity index (χ3v) is 4.57. The van der Waals surface area contributed by atoms with Crippen molar-refractivity contribution in [2.24, 2.45) is 12.8 Å². The van der Waals surface area contributed by atoms with Gasteiger partial charge in [0.15, 0.2) is 0 Å². The molecule has 0 unspecified atom stereocenters. The summed E-state index contributed by atoms with van der Waals surface area (Å²) in [5, 5.41) is 8.81. The maximum atomic E-state index is 5.91. The fourth-order valence-corrected chi connectivity index (χ4v) is 3.51. The highest BCUT2D eigenvalue weighted by Gasteiger charge is 2.33. The second-order valence-corrected chi connectivity index (χ2v) is 6.48. The van der Waals surface area contributed by atoms with E-state index in [1.807, 2.05) is 18.7 Å². The van der Waals surface area contributed by atoms with Gasteiger partial charge in [0.05, 0.1) is 11.3 Å². The van der Waals surface area contributed by atoms with E-state index in [0.29, 0.717) is 11.0 Å². The molecule has 106 valence electrons. The van der Waals surface area contributed by atoms with Gasteiger partial charge in [-0.3, -0.25) is 4.68 Å². The molecule has 0 saturated heterocycles. The van der Waals surface area contributed by atoms with Crippen LogP contribution in [0.25, 0.3) is 0 Å². The van der Waals surface area contributed by atoms with Crippen molar-refractivity contribution in [1.82, 2.24) is 9.78 Å². The van der Waals surface area contributed by atoms with Crippen LogP contribution in [0.4, 0.5) is 5.82 Å². The first-order valence-electron chi connectivity index (χ1n) is 6.69. The standard InChI is InChI=1S/C14H18N4S2/c1-9-12(13(15)19)14(17(2)16-9)18(11-3-4-11)7-10-5-6-20-8-10/h5-6,8,11H,3-4,7H2,1-2H3,(H2,15,19). The number of nitrogens with zero attached hydrogens (tertiary/aromatic N) is 3. The van der Waals surface area contributed by atoms with E-state index >= 15 is 0 Å². The molecule has 3 rings (SSSR count). The summed E-state index contributed by atoms with van der Waals surface area (Å²) in [6.45, 7) is 2.86. The van der Waals surface area contributed by atoms with E-state index in [2.05, 4.69) is 26.8 Å². The fraction of sp³-hybridized carbons (Fsp3) is 0.429. The molecular weight excluding hydrogens is 288 g/mol. The summed E-state index contributed by atoms with van der Waals surface area (Å²) in [6.07, 6.45) is 2.45. The van der Waals surface area contributed by atoms with Gasteiger partial charge in [-0.25, -0.2) is 0 Å². The Morgan fingerprint density at radius 1 is 1.60 bits per heavy atom. The quantitative estimate of drug-likeness (QED) is 0.863. The van der Waals surface area contributed by atoms with Crippen molar-refractivity contribution in [2.45, 2.75) is 32.4 Å². The van der Waals surface area contributed by atoms with Gasteiger partial charge in [0.1, 0.15) is 10.8 Å². The number of hydrogen-bond donors (Lipinski definition) is 1. The molecule has 0 bridgehead atoms. The zero-order valence-electron chi connectivity index (χ0n) is 11.7. The molecule has 0 atom stereocenters. The fourth-order valence-electron chi connectivity index (χ4n) is 2.61. The molecule has 1 saturated carbocycles. The summed E-state index contributed by atoms with van der Waals surface area (Å²) in [4.78, 5) is 2.83. The summed E-state index contributed by atoms with van der Waals surface area (Å²) in [5.41, 5.74) is 9.07. The van der Waals surface area contributed by atoms with Crippen molar-refractivity contribution in [3.63, 3.8) is 0 Å². The lowest BCUT2D eigenvalue weighted by Crippen LogP contribution is -2.29. The first-order chi connectivity index (χ1) is 9.58. The number of hydrogen-bond acceptors (Lipinski definition) is 4. The molecule has 1 aliphatic rings. The number of thiophene rings is 1. The summed E-state index contributed by atoms with van der Waals surface area (Å²) < 4.78 is 1.91. The van der Waals surface area contributed by atoms with Crippen molar-refractivity contribution in [1.29, 1.82) is 0 Å². The molecule has 0 aliphatic heterocycles. The van der Waals surface area contributed by atoms with Gasteiger partial charge >= 0.3 is 0 Å². The van der Waals surface area contributed by atoms with Crippen LogP contribution in [0.1, 0.15) is 29.7 Å². The Balaban J connectivity index is 2.01. The number of anilines is 1. The minimum atomic E-state index is 0.432. The predicted octanol–water partition coefficient (Wildman–Crippen LogP) is 2.59. The molecule has 2 aromatic rings. The summed E-state index contributed by atoms with van der Waals surface area (Å²) in [6, 6.07) is 2.75. The molecule has 0 aromatic carbocycles. The van der Waals surface area contributed by atoms with Crippen LogP contribution in [0, 0.1) is 6.92 Å². The predicted molar refractivity (Wildman–Crippen MR) is 87.4 cm³/mol. The van der Waals surface area contributed by atoms with E-state index in [4.69, 9.17) is 18.0 Å². The molecule has 0 radical (unpaired) electrons. The maximum absolute atomic E-state index is 5.91. The maximum Gasteiger partial charge on any atom is 0.137 e. The Labute approximate surface area is 128 Å². The van der Waals surface area contributed by atoms with Crippen LogP contribution in [-0.2, 0) is 13.6 Å². The number of aromatic nitrogens is 2. The van der Waals surface area contributed by atoms with Crippen molar-refractivity contribution < 1.29 is 0 Å². The van der Waals surface area contributed by atoms with Crippen LogP contribution in [0.3, 0.4) is 0 Å². The van der Waals surface area contributed by atoms with E-state index in [-0.39, 0.29) is 0 Å². The highest BCUT2D eigenvalue weighted by molar-refractivity contribution is 7.80. The van der Waals surface area contributed by atoms with E-state index < -0.39 is 0 Å². The minimum Gasteiger partial charge on any atom is -0.389 e. The molecule has 1 aliphatic carbocycles. The van der Waals surface area contributed by atoms with Gasteiger partial charge in [0, 0.05) is 19.6 Å². The average molecular weight is 306 g/mol. The second kappa shape index (κ2) is 5.18. The van der Waals surface area contributed by atoms with Crippen molar-refractivity contribution >= 4 is 34.4 Å². The average Bonchev–Trinajstić information content (AvgIpc) is 3.01. The molecule has 20 heavy (non-hydrogen) atoms. The van der Waals surface area contributed by atoms with Gasteiger partial charge in [-0.15, -0.1) is 0 Å². The van der Waals surface area contributed by atoms with Crippen LogP contribution in [0.2, 0.25) is 0 Å². The second-order valence-electron chi connectivity index (χ2n) is 5.26. The minimum absolute atomic E-state index is 0.432. The van der Waals surface area contributed by atoms with E-state index in [9.17, 15) is 0 Å².